The molecule has 100 valence electrons. The summed E-state index contributed by atoms with van der Waals surface area (Å²) in [5.74, 6) is 1.91. The van der Waals surface area contributed by atoms with Crippen molar-refractivity contribution in [3.63, 3.8) is 0 Å². The number of amides is 1. The number of sulfonamides is 1. The van der Waals surface area contributed by atoms with Crippen LogP contribution in [-0.4, -0.2) is 32.7 Å². The molecule has 6 heteroatoms. The molecule has 0 aliphatic heterocycles. The first-order chi connectivity index (χ1) is 8.82. The van der Waals surface area contributed by atoms with Crippen molar-refractivity contribution in [3.8, 4) is 12.3 Å². The Bertz CT molecular complexity index is 655. The molecule has 1 aromatic rings. The average molecular weight is 278 g/mol. The van der Waals surface area contributed by atoms with E-state index in [0.29, 0.717) is 5.56 Å². The molecular formula is C13H14N2O3S. The van der Waals surface area contributed by atoms with Gasteiger partial charge in [-0.05, 0) is 24.3 Å². The van der Waals surface area contributed by atoms with Crippen LogP contribution in [-0.2, 0) is 14.8 Å². The molecule has 0 bridgehead atoms. The molecular weight excluding hydrogens is 264 g/mol. The number of carbonyl (C=O) groups excluding carboxylic acids is 1. The molecule has 0 atom stereocenters. The Morgan fingerprint density at radius 1 is 1.47 bits per heavy atom. The SMILES string of the molecule is C#Cc1ccc(S(=O)(=O)N(C)C)cc1NC(=O)C=C. The van der Waals surface area contributed by atoms with E-state index >= 15 is 0 Å². The maximum absolute atomic E-state index is 12.0. The zero-order valence-electron chi connectivity index (χ0n) is 10.7. The van der Waals surface area contributed by atoms with Gasteiger partial charge < -0.3 is 5.32 Å². The fourth-order valence-corrected chi connectivity index (χ4v) is 2.24. The number of carbonyl (C=O) groups is 1. The Labute approximate surface area is 113 Å². The van der Waals surface area contributed by atoms with E-state index in [4.69, 9.17) is 6.42 Å². The summed E-state index contributed by atoms with van der Waals surface area (Å²) in [4.78, 5) is 11.3. The Kier molecular flexibility index (Phi) is 4.48. The molecule has 19 heavy (non-hydrogen) atoms. The Morgan fingerprint density at radius 3 is 2.58 bits per heavy atom. The Hall–Kier alpha value is -2.10. The third kappa shape index (κ3) is 3.22. The number of nitrogens with one attached hydrogen (secondary N) is 1. The monoisotopic (exact) mass is 278 g/mol. The molecule has 1 aromatic carbocycles. The largest absolute Gasteiger partial charge is 0.321 e. The minimum Gasteiger partial charge on any atom is -0.321 e. The molecule has 1 rings (SSSR count). The van der Waals surface area contributed by atoms with Crippen LogP contribution in [0.3, 0.4) is 0 Å². The van der Waals surface area contributed by atoms with Gasteiger partial charge in [-0.3, -0.25) is 4.79 Å². The number of rotatable bonds is 4. The zero-order chi connectivity index (χ0) is 14.6. The molecule has 0 heterocycles. The fraction of sp³-hybridized carbons (Fsp3) is 0.154. The minimum absolute atomic E-state index is 0.0517. The molecule has 1 amide bonds. The second kappa shape index (κ2) is 5.69. The lowest BCUT2D eigenvalue weighted by Gasteiger charge is -2.13. The third-order valence-corrected chi connectivity index (χ3v) is 4.18. The molecule has 5 nitrogen and oxygen atoms in total. The van der Waals surface area contributed by atoms with Gasteiger partial charge in [-0.25, -0.2) is 12.7 Å². The van der Waals surface area contributed by atoms with Crippen LogP contribution < -0.4 is 5.32 Å². The number of anilines is 1. The molecule has 1 N–H and O–H groups in total. The van der Waals surface area contributed by atoms with Crippen LogP contribution in [0, 0.1) is 12.3 Å². The first-order valence-corrected chi connectivity index (χ1v) is 6.73. The lowest BCUT2D eigenvalue weighted by atomic mass is 10.2. The molecule has 0 aliphatic carbocycles. The summed E-state index contributed by atoms with van der Waals surface area (Å²) in [6, 6.07) is 4.19. The third-order valence-electron chi connectivity index (χ3n) is 2.37. The molecule has 0 fully saturated rings. The van der Waals surface area contributed by atoms with Gasteiger partial charge in [0.2, 0.25) is 15.9 Å². The fourth-order valence-electron chi connectivity index (χ4n) is 1.31. The highest BCUT2D eigenvalue weighted by Crippen LogP contribution is 2.22. The molecule has 0 aliphatic rings. The minimum atomic E-state index is -3.58. The van der Waals surface area contributed by atoms with E-state index in [0.717, 1.165) is 10.4 Å². The van der Waals surface area contributed by atoms with Crippen LogP contribution in [0.2, 0.25) is 0 Å². The van der Waals surface area contributed by atoms with Crippen molar-refractivity contribution in [1.82, 2.24) is 4.31 Å². The normalized spacial score (nSPS) is 10.8. The molecule has 0 saturated carbocycles. The quantitative estimate of drug-likeness (QED) is 0.661. The molecule has 0 spiro atoms. The van der Waals surface area contributed by atoms with E-state index in [1.54, 1.807) is 0 Å². The lowest BCUT2D eigenvalue weighted by molar-refractivity contribution is -0.111. The summed E-state index contributed by atoms with van der Waals surface area (Å²) < 4.78 is 25.0. The van der Waals surface area contributed by atoms with Gasteiger partial charge in [-0.2, -0.15) is 0 Å². The standard InChI is InChI=1S/C13H14N2O3S/c1-5-10-7-8-11(19(17,18)15(3)4)9-12(10)14-13(16)6-2/h1,6-9H,2H2,3-4H3,(H,14,16). The first kappa shape index (κ1) is 15.0. The molecule has 0 aromatic heterocycles. The van der Waals surface area contributed by atoms with E-state index in [2.05, 4.69) is 17.8 Å². The van der Waals surface area contributed by atoms with Gasteiger partial charge >= 0.3 is 0 Å². The van der Waals surface area contributed by atoms with Crippen molar-refractivity contribution in [2.45, 2.75) is 4.90 Å². The van der Waals surface area contributed by atoms with Crippen molar-refractivity contribution in [3.05, 3.63) is 36.4 Å². The van der Waals surface area contributed by atoms with Crippen LogP contribution in [0.4, 0.5) is 5.69 Å². The summed E-state index contributed by atoms with van der Waals surface area (Å²) in [6.07, 6.45) is 6.38. The van der Waals surface area contributed by atoms with Crippen molar-refractivity contribution in [1.29, 1.82) is 0 Å². The highest BCUT2D eigenvalue weighted by molar-refractivity contribution is 7.89. The summed E-state index contributed by atoms with van der Waals surface area (Å²) >= 11 is 0. The van der Waals surface area contributed by atoms with Gasteiger partial charge in [0.15, 0.2) is 0 Å². The predicted octanol–water partition coefficient (Wildman–Crippen LogP) is 1.04. The second-order valence-corrected chi connectivity index (χ2v) is 5.98. The molecule has 0 saturated heterocycles. The van der Waals surface area contributed by atoms with Crippen molar-refractivity contribution < 1.29 is 13.2 Å². The van der Waals surface area contributed by atoms with Gasteiger partial charge in [0.1, 0.15) is 0 Å². The van der Waals surface area contributed by atoms with E-state index < -0.39 is 15.9 Å². The zero-order valence-corrected chi connectivity index (χ0v) is 11.5. The maximum Gasteiger partial charge on any atom is 0.247 e. The lowest BCUT2D eigenvalue weighted by Crippen LogP contribution is -2.22. The van der Waals surface area contributed by atoms with Crippen molar-refractivity contribution in [2.24, 2.45) is 0 Å². The van der Waals surface area contributed by atoms with E-state index in [9.17, 15) is 13.2 Å². The van der Waals surface area contributed by atoms with Crippen LogP contribution >= 0.6 is 0 Å². The number of hydrogen-bond donors (Lipinski definition) is 1. The Morgan fingerprint density at radius 2 is 2.11 bits per heavy atom. The predicted molar refractivity (Wildman–Crippen MR) is 74.1 cm³/mol. The van der Waals surface area contributed by atoms with E-state index in [1.807, 2.05) is 0 Å². The maximum atomic E-state index is 12.0. The van der Waals surface area contributed by atoms with Gasteiger partial charge in [-0.15, -0.1) is 6.42 Å². The second-order valence-electron chi connectivity index (χ2n) is 3.83. The summed E-state index contributed by atoms with van der Waals surface area (Å²) in [6.45, 7) is 3.32. The van der Waals surface area contributed by atoms with Gasteiger partial charge in [-0.1, -0.05) is 12.5 Å². The van der Waals surface area contributed by atoms with E-state index in [-0.39, 0.29) is 10.6 Å². The summed E-state index contributed by atoms with van der Waals surface area (Å²) in [5, 5.41) is 2.48. The van der Waals surface area contributed by atoms with Crippen LogP contribution in [0.15, 0.2) is 35.7 Å². The first-order valence-electron chi connectivity index (χ1n) is 5.29. The van der Waals surface area contributed by atoms with Gasteiger partial charge in [0.25, 0.3) is 0 Å². The van der Waals surface area contributed by atoms with Gasteiger partial charge in [0.05, 0.1) is 10.6 Å². The number of terminal acetylenes is 1. The highest BCUT2D eigenvalue weighted by atomic mass is 32.2. The number of benzene rings is 1. The topological polar surface area (TPSA) is 66.5 Å². The van der Waals surface area contributed by atoms with Crippen LogP contribution in [0.25, 0.3) is 0 Å². The highest BCUT2D eigenvalue weighted by Gasteiger charge is 2.18. The number of nitrogens with zero attached hydrogens (tertiary/aromatic N) is 1. The average Bonchev–Trinajstić information content (AvgIpc) is 2.38. The smallest absolute Gasteiger partial charge is 0.247 e. The molecule has 0 unspecified atom stereocenters. The Balaban J connectivity index is 3.35. The van der Waals surface area contributed by atoms with Crippen molar-refractivity contribution in [2.75, 3.05) is 19.4 Å². The summed E-state index contributed by atoms with van der Waals surface area (Å²) in [7, 11) is -0.733. The summed E-state index contributed by atoms with van der Waals surface area (Å²) in [5.41, 5.74) is 0.656. The van der Waals surface area contributed by atoms with Gasteiger partial charge in [0, 0.05) is 19.7 Å². The molecule has 0 radical (unpaired) electrons. The van der Waals surface area contributed by atoms with Crippen LogP contribution in [0.1, 0.15) is 5.56 Å². The van der Waals surface area contributed by atoms with E-state index in [1.165, 1.54) is 32.3 Å². The number of hydrogen-bond acceptors (Lipinski definition) is 3. The van der Waals surface area contributed by atoms with Crippen LogP contribution in [0.5, 0.6) is 0 Å². The van der Waals surface area contributed by atoms with Crippen molar-refractivity contribution >= 4 is 21.6 Å².